The van der Waals surface area contributed by atoms with E-state index in [1.54, 1.807) is 0 Å². The lowest BCUT2D eigenvalue weighted by Crippen LogP contribution is -2.21. The third-order valence-corrected chi connectivity index (χ3v) is 7.17. The van der Waals surface area contributed by atoms with Crippen LogP contribution in [0.25, 0.3) is 10.8 Å². The minimum atomic E-state index is -6.09. The van der Waals surface area contributed by atoms with E-state index in [-0.39, 0.29) is 0 Å². The average molecular weight is 466 g/mol. The van der Waals surface area contributed by atoms with Gasteiger partial charge in [0.1, 0.15) is 17.3 Å². The van der Waals surface area contributed by atoms with Crippen LogP contribution in [-0.4, -0.2) is 42.7 Å². The van der Waals surface area contributed by atoms with Gasteiger partial charge in [-0.15, -0.1) is 0 Å². The Labute approximate surface area is 175 Å². The van der Waals surface area contributed by atoms with Crippen molar-refractivity contribution in [3.63, 3.8) is 0 Å². The highest BCUT2D eigenvalue weighted by Gasteiger charge is 2.37. The number of carbonyl (C=O) groups excluding carboxylic acids is 1. The molecular weight excluding hydrogens is 445 g/mol. The molecule has 0 radical (unpaired) electrons. The Morgan fingerprint density at radius 2 is 1.80 bits per heavy atom. The van der Waals surface area contributed by atoms with Crippen LogP contribution in [0.5, 0.6) is 5.75 Å². The summed E-state index contributed by atoms with van der Waals surface area (Å²) in [5, 5.41) is 2.40. The molecule has 3 rings (SSSR count). The molecule has 11 heteroatoms. The van der Waals surface area contributed by atoms with Gasteiger partial charge in [-0.2, -0.15) is 13.2 Å². The van der Waals surface area contributed by atoms with Crippen molar-refractivity contribution in [2.24, 2.45) is 0 Å². The van der Waals surface area contributed by atoms with Gasteiger partial charge in [0.2, 0.25) is 0 Å². The zero-order valence-electron chi connectivity index (χ0n) is 16.1. The van der Waals surface area contributed by atoms with Gasteiger partial charge in [-0.25, -0.2) is 13.2 Å². The largest absolute Gasteiger partial charge is 0.741 e. The molecule has 166 valence electrons. The van der Waals surface area contributed by atoms with Crippen LogP contribution < -0.4 is 4.74 Å². The molecule has 1 aliphatic rings. The average Bonchev–Trinajstić information content (AvgIpc) is 3.19. The van der Waals surface area contributed by atoms with Crippen LogP contribution in [0.3, 0.4) is 0 Å². The molecule has 1 saturated heterocycles. The van der Waals surface area contributed by atoms with Gasteiger partial charge >= 0.3 is 11.7 Å². The smallest absolute Gasteiger partial charge is 0.513 e. The molecule has 1 fully saturated rings. The first-order chi connectivity index (χ1) is 14.0. The minimum Gasteiger partial charge on any atom is -0.741 e. The fraction of sp³-hybridized carbons (Fsp3) is 0.421. The van der Waals surface area contributed by atoms with Crippen LogP contribution in [0.4, 0.5) is 18.0 Å². The quantitative estimate of drug-likeness (QED) is 0.215. The Morgan fingerprint density at radius 1 is 1.17 bits per heavy atom. The lowest BCUT2D eigenvalue weighted by atomic mass is 10.1. The molecule has 1 aliphatic heterocycles. The minimum absolute atomic E-state index is 0.381. The highest BCUT2D eigenvalue weighted by atomic mass is 32.2. The molecule has 2 aromatic rings. The van der Waals surface area contributed by atoms with E-state index in [1.165, 1.54) is 34.6 Å². The molecule has 0 saturated carbocycles. The summed E-state index contributed by atoms with van der Waals surface area (Å²) in [6.07, 6.45) is 2.84. The summed E-state index contributed by atoms with van der Waals surface area (Å²) in [5.41, 5.74) is -5.65. The van der Waals surface area contributed by atoms with Crippen molar-refractivity contribution in [1.29, 1.82) is 0 Å². The Balaban J connectivity index is 0.000000343. The Kier molecular flexibility index (Phi) is 8.39. The first-order valence-corrected chi connectivity index (χ1v) is 12.1. The van der Waals surface area contributed by atoms with Crippen molar-refractivity contribution in [3.05, 3.63) is 36.4 Å². The molecule has 2 aromatic carbocycles. The molecule has 0 spiro atoms. The highest BCUT2D eigenvalue weighted by Crippen LogP contribution is 2.31. The van der Waals surface area contributed by atoms with Crippen LogP contribution in [0.2, 0.25) is 0 Å². The second-order valence-electron chi connectivity index (χ2n) is 6.35. The predicted octanol–water partition coefficient (Wildman–Crippen LogP) is 4.59. The number of halogens is 3. The number of ether oxygens (including phenoxy) is 2. The molecule has 1 heterocycles. The first kappa shape index (κ1) is 24.3. The zero-order chi connectivity index (χ0) is 22.4. The van der Waals surface area contributed by atoms with Crippen LogP contribution in [0.1, 0.15) is 26.2 Å². The maximum Gasteiger partial charge on any atom is 0.513 e. The van der Waals surface area contributed by atoms with E-state index < -0.39 is 21.8 Å². The van der Waals surface area contributed by atoms with Gasteiger partial charge in [-0.05, 0) is 48.9 Å². The van der Waals surface area contributed by atoms with E-state index in [1.807, 2.05) is 19.1 Å². The molecule has 0 aromatic heterocycles. The third-order valence-electron chi connectivity index (χ3n) is 4.06. The summed E-state index contributed by atoms with van der Waals surface area (Å²) in [6.45, 7) is 2.34. The number of benzene rings is 2. The van der Waals surface area contributed by atoms with E-state index in [4.69, 9.17) is 22.4 Å². The van der Waals surface area contributed by atoms with Crippen LogP contribution in [0, 0.1) is 0 Å². The standard InChI is InChI=1S/C18H21O3S.CHF3O3S/c1-2-10-20-18(19)21-15-8-9-16-14(13-15)6-5-7-17(16)22-11-3-4-12-22;2-1(3,4)8(5,6)7/h5-9,13H,2-4,10-12H2,1H3;(H,5,6,7)/q+1;/p-1. The summed E-state index contributed by atoms with van der Waals surface area (Å²) in [6, 6.07) is 12.3. The number of fused-ring (bicyclic) bond motifs is 1. The third kappa shape index (κ3) is 6.78. The number of carbonyl (C=O) groups is 1. The van der Waals surface area contributed by atoms with Crippen molar-refractivity contribution in [3.8, 4) is 5.75 Å². The molecular formula is C19H21F3O6S2. The summed E-state index contributed by atoms with van der Waals surface area (Å²) in [4.78, 5) is 13.0. The second-order valence-corrected chi connectivity index (χ2v) is 9.96. The Hall–Kier alpha value is -1.98. The van der Waals surface area contributed by atoms with Crippen molar-refractivity contribution in [1.82, 2.24) is 0 Å². The van der Waals surface area contributed by atoms with Crippen molar-refractivity contribution in [2.45, 2.75) is 36.6 Å². The van der Waals surface area contributed by atoms with Crippen molar-refractivity contribution < 1.29 is 40.4 Å². The fourth-order valence-electron chi connectivity index (χ4n) is 2.73. The second kappa shape index (κ2) is 10.4. The number of hydrogen-bond acceptors (Lipinski definition) is 6. The van der Waals surface area contributed by atoms with E-state index in [9.17, 15) is 18.0 Å². The molecule has 0 bridgehead atoms. The van der Waals surface area contributed by atoms with Gasteiger partial charge in [-0.1, -0.05) is 19.1 Å². The number of hydrogen-bond donors (Lipinski definition) is 0. The molecule has 30 heavy (non-hydrogen) atoms. The molecule has 0 amide bonds. The van der Waals surface area contributed by atoms with E-state index in [2.05, 4.69) is 24.3 Å². The SMILES string of the molecule is CCCOC(=O)Oc1ccc2c([S+]3CCCC3)cccc2c1.O=S(=O)([O-])C(F)(F)F. The maximum atomic E-state index is 11.5. The Morgan fingerprint density at radius 3 is 2.37 bits per heavy atom. The van der Waals surface area contributed by atoms with E-state index in [0.29, 0.717) is 23.3 Å². The van der Waals surface area contributed by atoms with E-state index in [0.717, 1.165) is 11.8 Å². The highest BCUT2D eigenvalue weighted by molar-refractivity contribution is 7.97. The Bertz CT molecular complexity index is 970. The summed E-state index contributed by atoms with van der Waals surface area (Å²) in [7, 11) is -5.71. The molecule has 0 atom stereocenters. The number of rotatable bonds is 4. The van der Waals surface area contributed by atoms with Crippen molar-refractivity contribution in [2.75, 3.05) is 18.1 Å². The van der Waals surface area contributed by atoms with Gasteiger partial charge in [-0.3, -0.25) is 0 Å². The van der Waals surface area contributed by atoms with Crippen LogP contribution in [0.15, 0.2) is 41.3 Å². The van der Waals surface area contributed by atoms with Crippen LogP contribution >= 0.6 is 0 Å². The molecule has 0 aliphatic carbocycles. The van der Waals surface area contributed by atoms with E-state index >= 15 is 0 Å². The summed E-state index contributed by atoms with van der Waals surface area (Å²) >= 11 is 0. The topological polar surface area (TPSA) is 92.7 Å². The number of alkyl halides is 3. The molecule has 0 unspecified atom stereocenters. The van der Waals surface area contributed by atoms with Gasteiger partial charge in [0.05, 0.1) is 6.61 Å². The van der Waals surface area contributed by atoms with Gasteiger partial charge in [0, 0.05) is 16.3 Å². The fourth-order valence-corrected chi connectivity index (χ4v) is 5.25. The molecule has 6 nitrogen and oxygen atoms in total. The monoisotopic (exact) mass is 466 g/mol. The summed E-state index contributed by atoms with van der Waals surface area (Å²) < 4.78 is 69.1. The summed E-state index contributed by atoms with van der Waals surface area (Å²) in [5.74, 6) is 3.15. The predicted molar refractivity (Wildman–Crippen MR) is 107 cm³/mol. The lowest BCUT2D eigenvalue weighted by molar-refractivity contribution is -0.0517. The maximum absolute atomic E-state index is 11.5. The van der Waals surface area contributed by atoms with Gasteiger partial charge < -0.3 is 14.0 Å². The first-order valence-electron chi connectivity index (χ1n) is 9.10. The molecule has 0 N–H and O–H groups in total. The van der Waals surface area contributed by atoms with Gasteiger partial charge in [0.25, 0.3) is 0 Å². The van der Waals surface area contributed by atoms with Crippen molar-refractivity contribution >= 4 is 37.9 Å². The van der Waals surface area contributed by atoms with Gasteiger partial charge in [0.15, 0.2) is 15.0 Å². The zero-order valence-corrected chi connectivity index (χ0v) is 17.7. The van der Waals surface area contributed by atoms with Crippen LogP contribution in [-0.2, 0) is 25.7 Å². The lowest BCUT2D eigenvalue weighted by Gasteiger charge is -2.08. The normalized spacial score (nSPS) is 14.8.